The summed E-state index contributed by atoms with van der Waals surface area (Å²) in [6.07, 6.45) is 66.2. The molecule has 0 saturated heterocycles. The maximum Gasteiger partial charge on any atom is 0.306 e. The van der Waals surface area contributed by atoms with Crippen molar-refractivity contribution in [2.45, 2.75) is 167 Å². The van der Waals surface area contributed by atoms with Gasteiger partial charge < -0.3 is 28.6 Å². The number of likely N-dealkylation sites (N-methyl/N-ethyl adjacent to an activating group) is 1. The highest BCUT2D eigenvalue weighted by molar-refractivity contribution is 5.70. The first kappa shape index (κ1) is 60.5. The molecule has 0 aromatic heterocycles. The van der Waals surface area contributed by atoms with Gasteiger partial charge >= 0.3 is 11.9 Å². The fourth-order valence-corrected chi connectivity index (χ4v) is 6.31. The average Bonchev–Trinajstić information content (AvgIpc) is 3.27. The number of esters is 2. The Hall–Kier alpha value is -4.53. The van der Waals surface area contributed by atoms with E-state index >= 15 is 0 Å². The van der Waals surface area contributed by atoms with Gasteiger partial charge in [0.05, 0.1) is 40.3 Å². The first-order valence-electron chi connectivity index (χ1n) is 24.8. The zero-order chi connectivity index (χ0) is 47.7. The number of carbonyl (C=O) groups excluding carboxylic acids is 3. The third-order valence-corrected chi connectivity index (χ3v) is 10.1. The van der Waals surface area contributed by atoms with Crippen LogP contribution in [0.1, 0.15) is 155 Å². The zero-order valence-corrected chi connectivity index (χ0v) is 41.3. The predicted molar refractivity (Wildman–Crippen MR) is 272 cm³/mol. The molecule has 0 rings (SSSR count). The van der Waals surface area contributed by atoms with Crippen LogP contribution in [-0.4, -0.2) is 75.5 Å². The topological polar surface area (TPSA) is 102 Å². The van der Waals surface area contributed by atoms with Crippen LogP contribution >= 0.6 is 0 Å². The summed E-state index contributed by atoms with van der Waals surface area (Å²) in [6, 6.07) is -0.749. The van der Waals surface area contributed by atoms with Crippen molar-refractivity contribution in [2.75, 3.05) is 41.0 Å². The predicted octanol–water partition coefficient (Wildman–Crippen LogP) is 13.0. The molecule has 65 heavy (non-hydrogen) atoms. The second-order valence-corrected chi connectivity index (χ2v) is 17.1. The quantitative estimate of drug-likeness (QED) is 0.0198. The van der Waals surface area contributed by atoms with Crippen molar-refractivity contribution >= 4 is 17.9 Å². The molecule has 0 aromatic carbocycles. The molecule has 364 valence electrons. The summed E-state index contributed by atoms with van der Waals surface area (Å²) in [5.41, 5.74) is 0. The Balaban J connectivity index is 4.47. The van der Waals surface area contributed by atoms with E-state index in [-0.39, 0.29) is 55.5 Å². The van der Waals surface area contributed by atoms with Crippen molar-refractivity contribution in [3.05, 3.63) is 134 Å². The summed E-state index contributed by atoms with van der Waals surface area (Å²) in [5, 5.41) is 11.7. The SMILES string of the molecule is CC/C=C/C/C=C/C/C=C/C/C=C/C/C=C/C/C=C/C/C=C/CCCC(=O)OCC(COCCC(C(=O)[O-])[N+](C)(C)C)OC(=O)CCCCCCC/C=C/C=C/C=C/C=C/CCCCC. The molecule has 0 bridgehead atoms. The summed E-state index contributed by atoms with van der Waals surface area (Å²) < 4.78 is 17.1. The Morgan fingerprint density at radius 2 is 0.938 bits per heavy atom. The highest BCUT2D eigenvalue weighted by Gasteiger charge is 2.25. The minimum absolute atomic E-state index is 0.00241. The number of allylic oxidation sites excluding steroid dienone is 22. The first-order valence-corrected chi connectivity index (χ1v) is 24.8. The first-order chi connectivity index (χ1) is 31.6. The van der Waals surface area contributed by atoms with Gasteiger partial charge in [0.25, 0.3) is 0 Å². The molecular formula is C57H89NO7. The molecule has 2 unspecified atom stereocenters. The van der Waals surface area contributed by atoms with E-state index in [2.05, 4.69) is 135 Å². The van der Waals surface area contributed by atoms with E-state index in [9.17, 15) is 19.5 Å². The minimum atomic E-state index is -1.14. The highest BCUT2D eigenvalue weighted by atomic mass is 16.6. The maximum absolute atomic E-state index is 12.8. The maximum atomic E-state index is 12.8. The molecular weight excluding hydrogens is 811 g/mol. The molecule has 0 aliphatic carbocycles. The summed E-state index contributed by atoms with van der Waals surface area (Å²) in [5.74, 6) is -1.86. The normalized spacial score (nSPS) is 14.0. The Kier molecular flexibility index (Phi) is 42.8. The van der Waals surface area contributed by atoms with Crippen LogP contribution in [0.2, 0.25) is 0 Å². The van der Waals surface area contributed by atoms with Gasteiger partial charge in [-0.15, -0.1) is 0 Å². The minimum Gasteiger partial charge on any atom is -0.544 e. The van der Waals surface area contributed by atoms with Gasteiger partial charge in [0.2, 0.25) is 0 Å². The molecule has 8 heteroatoms. The monoisotopic (exact) mass is 900 g/mol. The van der Waals surface area contributed by atoms with E-state index in [1.807, 2.05) is 12.2 Å². The van der Waals surface area contributed by atoms with Crippen molar-refractivity contribution in [1.29, 1.82) is 0 Å². The molecule has 0 amide bonds. The van der Waals surface area contributed by atoms with Crippen LogP contribution in [0, 0.1) is 0 Å². The number of ether oxygens (including phenoxy) is 3. The lowest BCUT2D eigenvalue weighted by Crippen LogP contribution is -2.55. The number of carbonyl (C=O) groups is 3. The van der Waals surface area contributed by atoms with Gasteiger partial charge in [0, 0.05) is 19.3 Å². The second kappa shape index (κ2) is 46.0. The molecule has 0 N–H and O–H groups in total. The summed E-state index contributed by atoms with van der Waals surface area (Å²) in [4.78, 5) is 37.0. The third-order valence-electron chi connectivity index (χ3n) is 10.1. The molecule has 0 fully saturated rings. The third kappa shape index (κ3) is 44.5. The van der Waals surface area contributed by atoms with Gasteiger partial charge in [0.1, 0.15) is 12.6 Å². The number of hydrogen-bond donors (Lipinski definition) is 0. The van der Waals surface area contributed by atoms with Crippen LogP contribution in [-0.2, 0) is 28.6 Å². The lowest BCUT2D eigenvalue weighted by atomic mass is 10.1. The van der Waals surface area contributed by atoms with Crippen LogP contribution in [0.25, 0.3) is 0 Å². The van der Waals surface area contributed by atoms with Gasteiger partial charge in [-0.2, -0.15) is 0 Å². The number of aliphatic carboxylic acids is 1. The second-order valence-electron chi connectivity index (χ2n) is 17.1. The molecule has 0 radical (unpaired) electrons. The number of rotatable bonds is 42. The molecule has 0 aromatic rings. The lowest BCUT2D eigenvalue weighted by molar-refractivity contribution is -0.889. The fourth-order valence-electron chi connectivity index (χ4n) is 6.31. The number of quaternary nitrogens is 1. The van der Waals surface area contributed by atoms with Crippen LogP contribution in [0.15, 0.2) is 134 Å². The summed E-state index contributed by atoms with van der Waals surface area (Å²) in [6.45, 7) is 4.40. The van der Waals surface area contributed by atoms with Gasteiger partial charge in [-0.05, 0) is 89.9 Å². The van der Waals surface area contributed by atoms with Crippen LogP contribution in [0.3, 0.4) is 0 Å². The Bertz CT molecular complexity index is 1520. The number of hydrogen-bond acceptors (Lipinski definition) is 7. The highest BCUT2D eigenvalue weighted by Crippen LogP contribution is 2.12. The van der Waals surface area contributed by atoms with Crippen molar-refractivity contribution in [3.8, 4) is 0 Å². The van der Waals surface area contributed by atoms with Crippen LogP contribution in [0.4, 0.5) is 0 Å². The zero-order valence-electron chi connectivity index (χ0n) is 41.3. The van der Waals surface area contributed by atoms with Crippen molar-refractivity contribution in [1.82, 2.24) is 0 Å². The van der Waals surface area contributed by atoms with Crippen LogP contribution in [0.5, 0.6) is 0 Å². The Morgan fingerprint density at radius 3 is 1.45 bits per heavy atom. The smallest absolute Gasteiger partial charge is 0.306 e. The van der Waals surface area contributed by atoms with E-state index < -0.39 is 18.1 Å². The molecule has 0 aliphatic heterocycles. The van der Waals surface area contributed by atoms with E-state index in [1.165, 1.54) is 19.3 Å². The van der Waals surface area contributed by atoms with Gasteiger partial charge in [-0.3, -0.25) is 9.59 Å². The number of nitrogens with zero attached hydrogens (tertiary/aromatic N) is 1. The van der Waals surface area contributed by atoms with Gasteiger partial charge in [-0.25, -0.2) is 0 Å². The number of carboxylic acids is 1. The molecule has 0 heterocycles. The molecule has 0 aliphatic rings. The Morgan fingerprint density at radius 1 is 0.492 bits per heavy atom. The van der Waals surface area contributed by atoms with Gasteiger partial charge in [0.15, 0.2) is 6.10 Å². The number of unbranched alkanes of at least 4 members (excludes halogenated alkanes) is 9. The fraction of sp³-hybridized carbons (Fsp3) is 0.561. The summed E-state index contributed by atoms with van der Waals surface area (Å²) >= 11 is 0. The van der Waals surface area contributed by atoms with E-state index in [1.54, 1.807) is 21.1 Å². The standard InChI is InChI=1S/C57H89NO7/c1-6-8-10-12-14-16-18-20-22-24-26-27-28-29-30-32-33-35-37-39-41-43-45-47-55(59)64-52-53(51-63-50-49-54(57(61)62)58(3,4)5)65-56(60)48-46-44-42-40-38-36-34-31-25-23-21-19-17-15-13-11-9-7-2/h8,10,14-17,19-23,25-27,29-31,33-35,39,41,53-54H,6-7,9,11-13,18,24,28,32,36-38,40,42-52H2,1-5H3/b10-8+,16-14+,17-15+,21-19+,22-20+,25-23+,27-26+,30-29+,34-31+,35-33+,41-39+. The molecule has 2 atom stereocenters. The lowest BCUT2D eigenvalue weighted by Gasteiger charge is -2.34. The van der Waals surface area contributed by atoms with Gasteiger partial charge in [-0.1, -0.05) is 180 Å². The largest absolute Gasteiger partial charge is 0.544 e. The molecule has 0 saturated carbocycles. The van der Waals surface area contributed by atoms with Crippen molar-refractivity contribution < 1.29 is 38.2 Å². The van der Waals surface area contributed by atoms with Crippen molar-refractivity contribution in [2.24, 2.45) is 0 Å². The van der Waals surface area contributed by atoms with Crippen LogP contribution < -0.4 is 5.11 Å². The Labute approximate surface area is 396 Å². The number of carboxylic acid groups (broad SMARTS) is 1. The average molecular weight is 900 g/mol. The van der Waals surface area contributed by atoms with Crippen molar-refractivity contribution in [3.63, 3.8) is 0 Å². The van der Waals surface area contributed by atoms with E-state index in [0.29, 0.717) is 12.8 Å². The molecule has 8 nitrogen and oxygen atoms in total. The van der Waals surface area contributed by atoms with E-state index in [0.717, 1.165) is 89.9 Å². The summed E-state index contributed by atoms with van der Waals surface area (Å²) in [7, 11) is 5.37. The molecule has 0 spiro atoms. The van der Waals surface area contributed by atoms with E-state index in [4.69, 9.17) is 14.2 Å².